The zero-order valence-electron chi connectivity index (χ0n) is 26.1. The Balaban J connectivity index is 1.39. The predicted molar refractivity (Wildman–Crippen MR) is 159 cm³/mol. The number of rotatable bonds is 8. The van der Waals surface area contributed by atoms with Crippen LogP contribution in [0.25, 0.3) is 11.1 Å². The first-order valence-corrected chi connectivity index (χ1v) is 15.1. The number of amides is 2. The SMILES string of the molecule is CC(C)(C)NC(=O)N(CC12CCC(c3noc(C(F)(F)F)n3)(CC1)CC2)c1cccc(-c2ccc(C(C)(C)OC(F)F)cc2)c1. The molecule has 0 saturated heterocycles. The van der Waals surface area contributed by atoms with Gasteiger partial charge in [0.15, 0.2) is 5.82 Å². The van der Waals surface area contributed by atoms with Gasteiger partial charge >= 0.3 is 24.7 Å². The topological polar surface area (TPSA) is 80.5 Å². The van der Waals surface area contributed by atoms with E-state index in [1.54, 1.807) is 30.9 Å². The molecule has 3 saturated carbocycles. The molecule has 3 aliphatic carbocycles. The molecule has 6 rings (SSSR count). The standard InChI is InChI=1S/C33H39F5N4O3/c1-29(2,3)40-28(43)42(20-31-13-16-32(17-14-31,18-15-31)25-39-26(45-41-25)33(36,37)38)24-8-6-7-22(19-24)21-9-11-23(12-10-21)30(4,5)44-27(34)35/h6-12,19,27H,13-18,20H2,1-5H3,(H,40,43). The summed E-state index contributed by atoms with van der Waals surface area (Å²) in [4.78, 5) is 19.3. The molecule has 3 aromatic rings. The van der Waals surface area contributed by atoms with Gasteiger partial charge in [0.25, 0.3) is 0 Å². The molecule has 244 valence electrons. The van der Waals surface area contributed by atoms with Gasteiger partial charge in [-0.1, -0.05) is 41.6 Å². The zero-order valence-corrected chi connectivity index (χ0v) is 26.1. The van der Waals surface area contributed by atoms with Crippen molar-refractivity contribution in [1.82, 2.24) is 15.5 Å². The van der Waals surface area contributed by atoms with E-state index in [9.17, 15) is 26.7 Å². The van der Waals surface area contributed by atoms with Gasteiger partial charge in [-0.2, -0.15) is 26.9 Å². The molecule has 2 aromatic carbocycles. The minimum atomic E-state index is -4.69. The van der Waals surface area contributed by atoms with Gasteiger partial charge in [-0.3, -0.25) is 4.90 Å². The van der Waals surface area contributed by atoms with Crippen LogP contribution in [0.3, 0.4) is 0 Å². The molecule has 1 heterocycles. The van der Waals surface area contributed by atoms with E-state index >= 15 is 0 Å². The van der Waals surface area contributed by atoms with Crippen LogP contribution in [0, 0.1) is 5.41 Å². The number of nitrogens with one attached hydrogen (secondary N) is 1. The largest absolute Gasteiger partial charge is 0.471 e. The predicted octanol–water partition coefficient (Wildman–Crippen LogP) is 8.84. The molecule has 3 fully saturated rings. The molecule has 1 N–H and O–H groups in total. The van der Waals surface area contributed by atoms with E-state index in [0.717, 1.165) is 11.1 Å². The lowest BCUT2D eigenvalue weighted by atomic mass is 9.53. The van der Waals surface area contributed by atoms with Crippen LogP contribution < -0.4 is 10.2 Å². The Morgan fingerprint density at radius 2 is 1.58 bits per heavy atom. The highest BCUT2D eigenvalue weighted by Crippen LogP contribution is 2.57. The van der Waals surface area contributed by atoms with Crippen LogP contribution in [-0.2, 0) is 21.9 Å². The van der Waals surface area contributed by atoms with Crippen LogP contribution in [-0.4, -0.2) is 34.9 Å². The highest BCUT2D eigenvalue weighted by atomic mass is 19.4. The summed E-state index contributed by atoms with van der Waals surface area (Å²) in [6.45, 7) is 6.45. The second kappa shape index (κ2) is 11.7. The number of nitrogens with zero attached hydrogens (tertiary/aromatic N) is 3. The maximum atomic E-state index is 13.8. The average Bonchev–Trinajstić information content (AvgIpc) is 3.48. The third-order valence-corrected chi connectivity index (χ3v) is 9.22. The van der Waals surface area contributed by atoms with E-state index in [4.69, 9.17) is 4.74 Å². The lowest BCUT2D eigenvalue weighted by molar-refractivity contribution is -0.200. The molecular formula is C33H39F5N4O3. The van der Waals surface area contributed by atoms with Crippen molar-refractivity contribution in [3.05, 3.63) is 65.8 Å². The average molecular weight is 635 g/mol. The number of halogens is 5. The quantitative estimate of drug-likeness (QED) is 0.251. The van der Waals surface area contributed by atoms with Crippen molar-refractivity contribution in [3.63, 3.8) is 0 Å². The third kappa shape index (κ3) is 7.15. The molecule has 0 radical (unpaired) electrons. The normalized spacial score (nSPS) is 22.1. The molecule has 0 aliphatic heterocycles. The van der Waals surface area contributed by atoms with E-state index in [1.807, 2.05) is 57.2 Å². The van der Waals surface area contributed by atoms with Crippen LogP contribution in [0.5, 0.6) is 0 Å². The lowest BCUT2D eigenvalue weighted by Gasteiger charge is -2.53. The fourth-order valence-electron chi connectivity index (χ4n) is 6.60. The van der Waals surface area contributed by atoms with E-state index in [-0.39, 0.29) is 17.3 Å². The number of hydrogen-bond acceptors (Lipinski definition) is 5. The number of aromatic nitrogens is 2. The van der Waals surface area contributed by atoms with E-state index in [0.29, 0.717) is 56.3 Å². The summed E-state index contributed by atoms with van der Waals surface area (Å²) in [5, 5.41) is 6.81. The van der Waals surface area contributed by atoms with Crippen LogP contribution in [0.1, 0.15) is 90.4 Å². The Hall–Kier alpha value is -3.54. The molecule has 2 bridgehead atoms. The first-order chi connectivity index (χ1) is 20.9. The van der Waals surface area contributed by atoms with Crippen LogP contribution in [0.2, 0.25) is 0 Å². The molecule has 0 atom stereocenters. The maximum absolute atomic E-state index is 13.8. The molecular weight excluding hydrogens is 595 g/mol. The van der Waals surface area contributed by atoms with Gasteiger partial charge in [0.05, 0.1) is 5.60 Å². The Morgan fingerprint density at radius 1 is 0.956 bits per heavy atom. The second-order valence-corrected chi connectivity index (χ2v) is 14.0. The van der Waals surface area contributed by atoms with Gasteiger partial charge in [0.2, 0.25) is 0 Å². The minimum Gasteiger partial charge on any atom is -0.333 e. The summed E-state index contributed by atoms with van der Waals surface area (Å²) in [7, 11) is 0. The van der Waals surface area contributed by atoms with E-state index in [2.05, 4.69) is 20.0 Å². The van der Waals surface area contributed by atoms with E-state index in [1.165, 1.54) is 0 Å². The Bertz CT molecular complexity index is 1490. The number of benzene rings is 2. The van der Waals surface area contributed by atoms with Crippen LogP contribution in [0.15, 0.2) is 53.1 Å². The second-order valence-electron chi connectivity index (χ2n) is 14.0. The van der Waals surface area contributed by atoms with Gasteiger partial charge in [0, 0.05) is 23.2 Å². The molecule has 1 aromatic heterocycles. The highest BCUT2D eigenvalue weighted by molar-refractivity contribution is 5.93. The van der Waals surface area contributed by atoms with Crippen molar-refractivity contribution in [2.24, 2.45) is 5.41 Å². The van der Waals surface area contributed by atoms with Gasteiger partial charge in [0.1, 0.15) is 0 Å². The lowest BCUT2D eigenvalue weighted by Crippen LogP contribution is -2.55. The van der Waals surface area contributed by atoms with Gasteiger partial charge < -0.3 is 14.6 Å². The molecule has 0 unspecified atom stereocenters. The molecule has 7 nitrogen and oxygen atoms in total. The first-order valence-electron chi connectivity index (χ1n) is 15.1. The number of urea groups is 1. The fourth-order valence-corrected chi connectivity index (χ4v) is 6.60. The summed E-state index contributed by atoms with van der Waals surface area (Å²) >= 11 is 0. The number of anilines is 1. The third-order valence-electron chi connectivity index (χ3n) is 9.22. The summed E-state index contributed by atoms with van der Waals surface area (Å²) in [5.41, 5.74) is 0.561. The maximum Gasteiger partial charge on any atom is 0.471 e. The van der Waals surface area contributed by atoms with Crippen molar-refractivity contribution in [2.45, 2.75) is 102 Å². The minimum absolute atomic E-state index is 0.119. The summed E-state index contributed by atoms with van der Waals surface area (Å²) < 4.78 is 74.6. The van der Waals surface area contributed by atoms with Crippen molar-refractivity contribution in [3.8, 4) is 11.1 Å². The number of carbonyl (C=O) groups excluding carboxylic acids is 1. The van der Waals surface area contributed by atoms with Crippen molar-refractivity contribution in [1.29, 1.82) is 0 Å². The summed E-state index contributed by atoms with van der Waals surface area (Å²) in [6.07, 6.45) is -0.741. The molecule has 45 heavy (non-hydrogen) atoms. The number of carbonyl (C=O) groups is 1. The summed E-state index contributed by atoms with van der Waals surface area (Å²) in [5.74, 6) is -1.20. The number of alkyl halides is 5. The molecule has 3 aliphatic rings. The fraction of sp³-hybridized carbons (Fsp3) is 0.545. The van der Waals surface area contributed by atoms with Gasteiger partial charge in [-0.25, -0.2) is 4.79 Å². The van der Waals surface area contributed by atoms with Crippen LogP contribution in [0.4, 0.5) is 32.4 Å². The zero-order chi connectivity index (χ0) is 32.8. The molecule has 2 amide bonds. The molecule has 0 spiro atoms. The van der Waals surface area contributed by atoms with Crippen molar-refractivity contribution < 1.29 is 36.0 Å². The van der Waals surface area contributed by atoms with Gasteiger partial charge in [-0.05, 0) is 107 Å². The Morgan fingerprint density at radius 3 is 2.11 bits per heavy atom. The first kappa shape index (κ1) is 32.8. The molecule has 12 heteroatoms. The van der Waals surface area contributed by atoms with Crippen LogP contribution >= 0.6 is 0 Å². The number of ether oxygens (including phenoxy) is 1. The van der Waals surface area contributed by atoms with E-state index < -0.39 is 35.2 Å². The monoisotopic (exact) mass is 634 g/mol. The highest BCUT2D eigenvalue weighted by Gasteiger charge is 2.53. The number of fused-ring (bicyclic) bond motifs is 3. The summed E-state index contributed by atoms with van der Waals surface area (Å²) in [6, 6.07) is 14.6. The Kier molecular flexibility index (Phi) is 8.52. The van der Waals surface area contributed by atoms with Gasteiger partial charge in [-0.15, -0.1) is 0 Å². The smallest absolute Gasteiger partial charge is 0.333 e. The van der Waals surface area contributed by atoms with Crippen molar-refractivity contribution >= 4 is 11.7 Å². The Labute approximate surface area is 259 Å². The number of hydrogen-bond donors (Lipinski definition) is 1. The van der Waals surface area contributed by atoms with Crippen molar-refractivity contribution in [2.75, 3.05) is 11.4 Å².